The van der Waals surface area contributed by atoms with Crippen molar-refractivity contribution in [3.8, 4) is 5.75 Å². The molecule has 0 spiro atoms. The molecular weight excluding hydrogens is 296 g/mol. The molecule has 0 aliphatic carbocycles. The summed E-state index contributed by atoms with van der Waals surface area (Å²) in [5.41, 5.74) is 6.43. The third-order valence-electron chi connectivity index (χ3n) is 4.10. The zero-order valence-corrected chi connectivity index (χ0v) is 13.1. The maximum Gasteiger partial charge on any atom is 0.290 e. The van der Waals surface area contributed by atoms with Gasteiger partial charge in [-0.1, -0.05) is 17.3 Å². The zero-order valence-electron chi connectivity index (χ0n) is 13.1. The van der Waals surface area contributed by atoms with Gasteiger partial charge in [0.25, 0.3) is 11.7 Å². The van der Waals surface area contributed by atoms with Gasteiger partial charge in [0.15, 0.2) is 0 Å². The summed E-state index contributed by atoms with van der Waals surface area (Å²) in [5, 5.41) is 3.56. The Bertz CT molecular complexity index is 668. The van der Waals surface area contributed by atoms with Gasteiger partial charge in [-0.15, -0.1) is 0 Å². The number of aromatic nitrogens is 2. The average molecular weight is 316 g/mol. The maximum atomic E-state index is 11.0. The zero-order chi connectivity index (χ0) is 16.2. The van der Waals surface area contributed by atoms with Gasteiger partial charge in [-0.2, -0.15) is 4.98 Å². The molecular formula is C16H20N4O3. The van der Waals surface area contributed by atoms with E-state index >= 15 is 0 Å². The molecule has 1 aromatic heterocycles. The van der Waals surface area contributed by atoms with Gasteiger partial charge >= 0.3 is 0 Å². The van der Waals surface area contributed by atoms with E-state index in [1.807, 2.05) is 12.1 Å². The fourth-order valence-corrected chi connectivity index (χ4v) is 2.93. The highest BCUT2D eigenvalue weighted by molar-refractivity contribution is 5.88. The lowest BCUT2D eigenvalue weighted by Crippen LogP contribution is -2.21. The lowest BCUT2D eigenvalue weighted by Gasteiger charge is -2.13. The van der Waals surface area contributed by atoms with E-state index in [1.165, 1.54) is 5.56 Å². The molecule has 2 heterocycles. The highest BCUT2D eigenvalue weighted by Gasteiger charge is 2.24. The van der Waals surface area contributed by atoms with Gasteiger partial charge in [-0.25, -0.2) is 0 Å². The first-order valence-corrected chi connectivity index (χ1v) is 7.61. The number of nitrogens with zero attached hydrogens (tertiary/aromatic N) is 3. The van der Waals surface area contributed by atoms with Crippen molar-refractivity contribution in [3.63, 3.8) is 0 Å². The molecule has 3 rings (SSSR count). The Morgan fingerprint density at radius 2 is 2.22 bits per heavy atom. The first-order chi connectivity index (χ1) is 11.1. The van der Waals surface area contributed by atoms with Crippen LogP contribution in [0.5, 0.6) is 5.75 Å². The molecule has 2 N–H and O–H groups in total. The number of nitrogens with two attached hydrogens (primary N) is 1. The molecule has 23 heavy (non-hydrogen) atoms. The SMILES string of the molecule is COc1ccc(CC2CCN(Cc3nc(C(N)=O)no3)C2)cc1. The molecule has 7 heteroatoms. The van der Waals surface area contributed by atoms with Gasteiger partial charge in [0, 0.05) is 6.54 Å². The smallest absolute Gasteiger partial charge is 0.290 e. The number of hydrogen-bond acceptors (Lipinski definition) is 6. The number of carbonyl (C=O) groups is 1. The topological polar surface area (TPSA) is 94.5 Å². The molecule has 0 saturated carbocycles. The van der Waals surface area contributed by atoms with Crippen LogP contribution in [0.3, 0.4) is 0 Å². The fourth-order valence-electron chi connectivity index (χ4n) is 2.93. The number of methoxy groups -OCH3 is 1. The number of amides is 1. The summed E-state index contributed by atoms with van der Waals surface area (Å²) in [7, 11) is 1.67. The van der Waals surface area contributed by atoms with Crippen molar-refractivity contribution < 1.29 is 14.1 Å². The molecule has 1 saturated heterocycles. The van der Waals surface area contributed by atoms with Crippen LogP contribution in [-0.2, 0) is 13.0 Å². The van der Waals surface area contributed by atoms with E-state index in [9.17, 15) is 4.79 Å². The molecule has 7 nitrogen and oxygen atoms in total. The van der Waals surface area contributed by atoms with E-state index in [0.717, 1.165) is 31.7 Å². The summed E-state index contributed by atoms with van der Waals surface area (Å²) in [6.45, 7) is 2.51. The van der Waals surface area contributed by atoms with Crippen LogP contribution in [0, 0.1) is 5.92 Å². The van der Waals surface area contributed by atoms with Crippen LogP contribution in [-0.4, -0.2) is 41.1 Å². The van der Waals surface area contributed by atoms with Crippen molar-refractivity contribution in [3.05, 3.63) is 41.5 Å². The summed E-state index contributed by atoms with van der Waals surface area (Å²) in [6.07, 6.45) is 2.17. The number of hydrogen-bond donors (Lipinski definition) is 1. The van der Waals surface area contributed by atoms with Gasteiger partial charge in [0.05, 0.1) is 13.7 Å². The van der Waals surface area contributed by atoms with Crippen LogP contribution < -0.4 is 10.5 Å². The highest BCUT2D eigenvalue weighted by Crippen LogP contribution is 2.23. The predicted octanol–water partition coefficient (Wildman–Crippen LogP) is 1.24. The quantitative estimate of drug-likeness (QED) is 0.861. The second-order valence-electron chi connectivity index (χ2n) is 5.82. The Hall–Kier alpha value is -2.41. The second kappa shape index (κ2) is 6.78. The lowest BCUT2D eigenvalue weighted by atomic mass is 9.99. The predicted molar refractivity (Wildman–Crippen MR) is 82.9 cm³/mol. The van der Waals surface area contributed by atoms with Crippen LogP contribution >= 0.6 is 0 Å². The van der Waals surface area contributed by atoms with Crippen molar-refractivity contribution in [1.82, 2.24) is 15.0 Å². The molecule has 1 unspecified atom stereocenters. The minimum atomic E-state index is -0.668. The first-order valence-electron chi connectivity index (χ1n) is 7.61. The first kappa shape index (κ1) is 15.5. The minimum Gasteiger partial charge on any atom is -0.497 e. The number of likely N-dealkylation sites (tertiary alicyclic amines) is 1. The third-order valence-corrected chi connectivity index (χ3v) is 4.10. The average Bonchev–Trinajstić information content (AvgIpc) is 3.18. The second-order valence-corrected chi connectivity index (χ2v) is 5.82. The molecule has 2 aromatic rings. The molecule has 1 aliphatic heterocycles. The number of rotatable bonds is 6. The summed E-state index contributed by atoms with van der Waals surface area (Å²) in [5.74, 6) is 1.18. The van der Waals surface area contributed by atoms with Crippen molar-refractivity contribution >= 4 is 5.91 Å². The van der Waals surface area contributed by atoms with Gasteiger partial charge in [-0.3, -0.25) is 9.69 Å². The summed E-state index contributed by atoms with van der Waals surface area (Å²) in [4.78, 5) is 17.2. The van der Waals surface area contributed by atoms with Crippen LogP contribution in [0.2, 0.25) is 0 Å². The Morgan fingerprint density at radius 3 is 2.87 bits per heavy atom. The monoisotopic (exact) mass is 316 g/mol. The van der Waals surface area contributed by atoms with Crippen molar-refractivity contribution in [2.75, 3.05) is 20.2 Å². The fraction of sp³-hybridized carbons (Fsp3) is 0.438. The van der Waals surface area contributed by atoms with Crippen molar-refractivity contribution in [2.24, 2.45) is 11.7 Å². The Morgan fingerprint density at radius 1 is 1.43 bits per heavy atom. The van der Waals surface area contributed by atoms with E-state index < -0.39 is 5.91 Å². The number of ether oxygens (including phenoxy) is 1. The Balaban J connectivity index is 1.52. The summed E-state index contributed by atoms with van der Waals surface area (Å²) < 4.78 is 10.2. The van der Waals surface area contributed by atoms with Crippen molar-refractivity contribution in [2.45, 2.75) is 19.4 Å². The standard InChI is InChI=1S/C16H20N4O3/c1-22-13-4-2-11(3-5-13)8-12-6-7-20(9-12)10-14-18-16(15(17)21)19-23-14/h2-5,12H,6-10H2,1H3,(H2,17,21). The molecule has 0 bridgehead atoms. The third kappa shape index (κ3) is 3.87. The van der Waals surface area contributed by atoms with E-state index in [1.54, 1.807) is 7.11 Å². The molecule has 122 valence electrons. The Labute approximate surface area is 134 Å². The lowest BCUT2D eigenvalue weighted by molar-refractivity contribution is 0.0987. The summed E-state index contributed by atoms with van der Waals surface area (Å²) >= 11 is 0. The van der Waals surface area contributed by atoms with Gasteiger partial charge < -0.3 is 15.0 Å². The van der Waals surface area contributed by atoms with Crippen LogP contribution in [0.4, 0.5) is 0 Å². The van der Waals surface area contributed by atoms with E-state index in [4.69, 9.17) is 15.0 Å². The highest BCUT2D eigenvalue weighted by atomic mass is 16.5. The van der Waals surface area contributed by atoms with Crippen molar-refractivity contribution in [1.29, 1.82) is 0 Å². The normalized spacial score (nSPS) is 18.2. The molecule has 1 fully saturated rings. The van der Waals surface area contributed by atoms with Gasteiger partial charge in [-0.05, 0) is 43.0 Å². The molecule has 1 atom stereocenters. The maximum absolute atomic E-state index is 11.0. The molecule has 1 aromatic carbocycles. The van der Waals surface area contributed by atoms with Gasteiger partial charge in [0.2, 0.25) is 5.89 Å². The molecule has 1 aliphatic rings. The summed E-state index contributed by atoms with van der Waals surface area (Å²) in [6, 6.07) is 8.20. The van der Waals surface area contributed by atoms with E-state index in [2.05, 4.69) is 27.2 Å². The number of carbonyl (C=O) groups excluding carboxylic acids is 1. The largest absolute Gasteiger partial charge is 0.497 e. The molecule has 1 amide bonds. The van der Waals surface area contributed by atoms with Crippen LogP contribution in [0.25, 0.3) is 0 Å². The van der Waals surface area contributed by atoms with Gasteiger partial charge in [0.1, 0.15) is 5.75 Å². The van der Waals surface area contributed by atoms with E-state index in [-0.39, 0.29) is 5.82 Å². The van der Waals surface area contributed by atoms with Crippen LogP contribution in [0.15, 0.2) is 28.8 Å². The molecule has 0 radical (unpaired) electrons. The minimum absolute atomic E-state index is 0.0611. The van der Waals surface area contributed by atoms with Crippen LogP contribution in [0.1, 0.15) is 28.5 Å². The number of primary amides is 1. The Kier molecular flexibility index (Phi) is 4.57. The van der Waals surface area contributed by atoms with E-state index in [0.29, 0.717) is 18.4 Å². The number of benzene rings is 1.